The Morgan fingerprint density at radius 1 is 0.576 bits per heavy atom. The number of hydrogen-bond acceptors (Lipinski definition) is 0. The zero-order valence-corrected chi connectivity index (χ0v) is 18.3. The molecule has 0 aliphatic heterocycles. The Morgan fingerprint density at radius 3 is 2.03 bits per heavy atom. The molecule has 0 bridgehead atoms. The summed E-state index contributed by atoms with van der Waals surface area (Å²) in [4.78, 5) is 3.63. The number of hydrogen-bond donors (Lipinski definition) is 1. The first-order chi connectivity index (χ1) is 16.3. The zero-order valence-electron chi connectivity index (χ0n) is 18.3. The SMILES string of the molecule is Cc1ccc(-c2ccc(-n3ccc4c5c(ccc43)[nH]c3ccc4ccccc4c35)cc2)cc1. The fraction of sp³-hybridized carbons (Fsp3) is 0.0323. The van der Waals surface area contributed by atoms with Crippen molar-refractivity contribution in [2.24, 2.45) is 0 Å². The lowest BCUT2D eigenvalue weighted by atomic mass is 10.0. The van der Waals surface area contributed by atoms with Gasteiger partial charge in [0.25, 0.3) is 0 Å². The molecule has 33 heavy (non-hydrogen) atoms. The first kappa shape index (κ1) is 18.3. The summed E-state index contributed by atoms with van der Waals surface area (Å²) in [6.45, 7) is 2.12. The van der Waals surface area contributed by atoms with Crippen LogP contribution in [0.5, 0.6) is 0 Å². The molecule has 0 unspecified atom stereocenters. The third kappa shape index (κ3) is 2.74. The van der Waals surface area contributed by atoms with E-state index in [1.807, 2.05) is 0 Å². The maximum absolute atomic E-state index is 3.63. The van der Waals surface area contributed by atoms with Gasteiger partial charge < -0.3 is 9.55 Å². The molecule has 7 rings (SSSR count). The number of H-pyrrole nitrogens is 1. The van der Waals surface area contributed by atoms with Crippen molar-refractivity contribution in [3.8, 4) is 16.8 Å². The van der Waals surface area contributed by atoms with Crippen LogP contribution in [0, 0.1) is 6.92 Å². The molecular weight excluding hydrogens is 400 g/mol. The summed E-state index contributed by atoms with van der Waals surface area (Å²) in [6, 6.07) is 37.3. The van der Waals surface area contributed by atoms with Crippen LogP contribution in [0.15, 0.2) is 109 Å². The second-order valence-electron chi connectivity index (χ2n) is 8.85. The monoisotopic (exact) mass is 422 g/mol. The van der Waals surface area contributed by atoms with Crippen LogP contribution in [0.3, 0.4) is 0 Å². The molecule has 156 valence electrons. The highest BCUT2D eigenvalue weighted by atomic mass is 15.0. The minimum atomic E-state index is 1.17. The van der Waals surface area contributed by atoms with Gasteiger partial charge in [0, 0.05) is 39.1 Å². The zero-order chi connectivity index (χ0) is 21.9. The standard InChI is InChI=1S/C31H22N2/c1-20-6-8-21(9-7-20)22-10-13-24(14-11-22)33-19-18-26-29(33)17-16-28-31(26)30-25-5-3-2-4-23(25)12-15-27(30)32-28/h2-19,32H,1H3. The maximum atomic E-state index is 3.63. The molecule has 0 aliphatic rings. The highest BCUT2D eigenvalue weighted by Gasteiger charge is 2.13. The molecule has 0 saturated heterocycles. The number of aryl methyl sites for hydroxylation is 1. The fourth-order valence-electron chi connectivity index (χ4n) is 5.17. The highest BCUT2D eigenvalue weighted by Crippen LogP contribution is 2.37. The van der Waals surface area contributed by atoms with E-state index >= 15 is 0 Å². The molecule has 2 heterocycles. The van der Waals surface area contributed by atoms with Crippen molar-refractivity contribution < 1.29 is 0 Å². The van der Waals surface area contributed by atoms with Crippen LogP contribution in [0.25, 0.3) is 60.3 Å². The molecule has 2 aromatic heterocycles. The Labute approximate surface area is 191 Å². The molecule has 0 aliphatic carbocycles. The Morgan fingerprint density at radius 2 is 1.24 bits per heavy atom. The van der Waals surface area contributed by atoms with Crippen LogP contribution >= 0.6 is 0 Å². The van der Waals surface area contributed by atoms with Gasteiger partial charge in [-0.1, -0.05) is 72.3 Å². The topological polar surface area (TPSA) is 20.7 Å². The molecule has 2 heteroatoms. The van der Waals surface area contributed by atoms with E-state index in [1.165, 1.54) is 65.9 Å². The molecule has 0 fully saturated rings. The van der Waals surface area contributed by atoms with Crippen molar-refractivity contribution in [1.82, 2.24) is 9.55 Å². The first-order valence-electron chi connectivity index (χ1n) is 11.4. The number of rotatable bonds is 2. The normalized spacial score (nSPS) is 11.8. The summed E-state index contributed by atoms with van der Waals surface area (Å²) in [5.41, 5.74) is 8.53. The van der Waals surface area contributed by atoms with Gasteiger partial charge in [-0.2, -0.15) is 0 Å². The number of aromatic amines is 1. The van der Waals surface area contributed by atoms with Gasteiger partial charge in [0.15, 0.2) is 0 Å². The van der Waals surface area contributed by atoms with Crippen LogP contribution in [0.2, 0.25) is 0 Å². The van der Waals surface area contributed by atoms with Crippen LogP contribution < -0.4 is 0 Å². The third-order valence-corrected chi connectivity index (χ3v) is 6.85. The van der Waals surface area contributed by atoms with Crippen molar-refractivity contribution >= 4 is 43.5 Å². The fourth-order valence-corrected chi connectivity index (χ4v) is 5.17. The molecule has 0 spiro atoms. The van der Waals surface area contributed by atoms with Gasteiger partial charge in [-0.3, -0.25) is 0 Å². The number of benzene rings is 5. The smallest absolute Gasteiger partial charge is 0.0536 e. The van der Waals surface area contributed by atoms with Gasteiger partial charge in [0.1, 0.15) is 0 Å². The molecule has 0 amide bonds. The van der Waals surface area contributed by atoms with E-state index in [0.717, 1.165) is 0 Å². The molecule has 0 saturated carbocycles. The molecular formula is C31H22N2. The Kier molecular flexibility index (Phi) is 3.80. The third-order valence-electron chi connectivity index (χ3n) is 6.85. The number of aromatic nitrogens is 2. The minimum absolute atomic E-state index is 1.17. The van der Waals surface area contributed by atoms with Crippen molar-refractivity contribution in [3.05, 3.63) is 115 Å². The average Bonchev–Trinajstić information content (AvgIpc) is 3.46. The predicted molar refractivity (Wildman–Crippen MR) is 140 cm³/mol. The van der Waals surface area contributed by atoms with Gasteiger partial charge in [-0.15, -0.1) is 0 Å². The summed E-state index contributed by atoms with van der Waals surface area (Å²) in [5, 5.41) is 6.45. The van der Waals surface area contributed by atoms with E-state index in [4.69, 9.17) is 0 Å². The first-order valence-corrected chi connectivity index (χ1v) is 11.4. The van der Waals surface area contributed by atoms with E-state index in [0.29, 0.717) is 0 Å². The van der Waals surface area contributed by atoms with E-state index < -0.39 is 0 Å². The van der Waals surface area contributed by atoms with Gasteiger partial charge in [-0.25, -0.2) is 0 Å². The molecule has 5 aromatic carbocycles. The van der Waals surface area contributed by atoms with Gasteiger partial charge >= 0.3 is 0 Å². The summed E-state index contributed by atoms with van der Waals surface area (Å²) in [6.07, 6.45) is 2.19. The van der Waals surface area contributed by atoms with Gasteiger partial charge in [0.2, 0.25) is 0 Å². The lowest BCUT2D eigenvalue weighted by molar-refractivity contribution is 1.13. The summed E-state index contributed by atoms with van der Waals surface area (Å²) in [7, 11) is 0. The van der Waals surface area contributed by atoms with Crippen LogP contribution in [0.1, 0.15) is 5.56 Å². The lowest BCUT2D eigenvalue weighted by Gasteiger charge is -2.08. The predicted octanol–water partition coefficient (Wildman–Crippen LogP) is 8.39. The second-order valence-corrected chi connectivity index (χ2v) is 8.85. The Hall–Kier alpha value is -4.30. The molecule has 7 aromatic rings. The van der Waals surface area contributed by atoms with Crippen molar-refractivity contribution in [2.75, 3.05) is 0 Å². The van der Waals surface area contributed by atoms with E-state index in [1.54, 1.807) is 0 Å². The molecule has 1 N–H and O–H groups in total. The molecule has 0 atom stereocenters. The minimum Gasteiger partial charge on any atom is -0.354 e. The highest BCUT2D eigenvalue weighted by molar-refractivity contribution is 6.27. The van der Waals surface area contributed by atoms with E-state index in [2.05, 4.69) is 126 Å². The lowest BCUT2D eigenvalue weighted by Crippen LogP contribution is -1.91. The number of nitrogens with zero attached hydrogens (tertiary/aromatic N) is 1. The van der Waals surface area contributed by atoms with Crippen molar-refractivity contribution in [1.29, 1.82) is 0 Å². The molecule has 0 radical (unpaired) electrons. The number of nitrogens with one attached hydrogen (secondary N) is 1. The van der Waals surface area contributed by atoms with E-state index in [9.17, 15) is 0 Å². The Balaban J connectivity index is 1.42. The number of fused-ring (bicyclic) bond motifs is 7. The Bertz CT molecular complexity index is 1800. The van der Waals surface area contributed by atoms with Gasteiger partial charge in [-0.05, 0) is 65.2 Å². The largest absolute Gasteiger partial charge is 0.354 e. The van der Waals surface area contributed by atoms with Crippen LogP contribution in [-0.2, 0) is 0 Å². The second kappa shape index (κ2) is 6.85. The van der Waals surface area contributed by atoms with Crippen molar-refractivity contribution in [2.45, 2.75) is 6.92 Å². The molecule has 2 nitrogen and oxygen atoms in total. The van der Waals surface area contributed by atoms with Crippen molar-refractivity contribution in [3.63, 3.8) is 0 Å². The summed E-state index contributed by atoms with van der Waals surface area (Å²) >= 11 is 0. The van der Waals surface area contributed by atoms with Gasteiger partial charge in [0.05, 0.1) is 5.52 Å². The van der Waals surface area contributed by atoms with Crippen LogP contribution in [0.4, 0.5) is 0 Å². The average molecular weight is 423 g/mol. The summed E-state index contributed by atoms with van der Waals surface area (Å²) in [5.74, 6) is 0. The quantitative estimate of drug-likeness (QED) is 0.289. The summed E-state index contributed by atoms with van der Waals surface area (Å²) < 4.78 is 2.29. The van der Waals surface area contributed by atoms with E-state index in [-0.39, 0.29) is 0 Å². The van der Waals surface area contributed by atoms with Crippen LogP contribution in [-0.4, -0.2) is 9.55 Å². The maximum Gasteiger partial charge on any atom is 0.0536 e.